The Bertz CT molecular complexity index is 545. The van der Waals surface area contributed by atoms with Gasteiger partial charge in [-0.15, -0.1) is 0 Å². The summed E-state index contributed by atoms with van der Waals surface area (Å²) in [6.45, 7) is 8.28. The largest absolute Gasteiger partial charge is 0.395 e. The molecule has 1 rings (SSSR count). The summed E-state index contributed by atoms with van der Waals surface area (Å²) in [5.74, 6) is 5.96. The maximum absolute atomic E-state index is 12.0. The molecule has 0 aliphatic heterocycles. The lowest BCUT2D eigenvalue weighted by atomic mass is 9.92. The van der Waals surface area contributed by atoms with Gasteiger partial charge < -0.3 is 10.4 Å². The molecule has 1 aromatic rings. The first kappa shape index (κ1) is 17.3. The van der Waals surface area contributed by atoms with Crippen LogP contribution in [0.5, 0.6) is 0 Å². The number of anilines is 1. The first-order chi connectivity index (χ1) is 9.85. The van der Waals surface area contributed by atoms with Crippen molar-refractivity contribution in [3.8, 4) is 11.8 Å². The number of rotatable bonds is 4. The van der Waals surface area contributed by atoms with E-state index < -0.39 is 0 Å². The van der Waals surface area contributed by atoms with Crippen LogP contribution in [0.25, 0.3) is 0 Å². The molecule has 0 heterocycles. The Labute approximate surface area is 127 Å². The molecule has 0 aromatic heterocycles. The lowest BCUT2D eigenvalue weighted by Gasteiger charge is -2.18. The summed E-state index contributed by atoms with van der Waals surface area (Å²) in [6.07, 6.45) is 1.81. The van der Waals surface area contributed by atoms with Crippen molar-refractivity contribution < 1.29 is 9.90 Å². The molecule has 1 amide bonds. The number of aliphatic hydroxyl groups excluding tert-OH is 1. The molecule has 0 atom stereocenters. The minimum absolute atomic E-state index is 0.0217. The highest BCUT2D eigenvalue weighted by Gasteiger charge is 2.16. The molecule has 0 saturated heterocycles. The minimum atomic E-state index is -0.0217. The summed E-state index contributed by atoms with van der Waals surface area (Å²) in [7, 11) is 0. The van der Waals surface area contributed by atoms with Gasteiger partial charge >= 0.3 is 0 Å². The number of benzene rings is 1. The normalized spacial score (nSPS) is 10.7. The average molecular weight is 287 g/mol. The summed E-state index contributed by atoms with van der Waals surface area (Å²) < 4.78 is 0. The molecular formula is C18H25NO2. The van der Waals surface area contributed by atoms with Gasteiger partial charge in [-0.1, -0.05) is 39.5 Å². The summed E-state index contributed by atoms with van der Waals surface area (Å²) in [5.41, 5.74) is 2.83. The van der Waals surface area contributed by atoms with Crippen molar-refractivity contribution >= 4 is 11.6 Å². The van der Waals surface area contributed by atoms with E-state index in [1.165, 1.54) is 0 Å². The predicted octanol–water partition coefficient (Wildman–Crippen LogP) is 3.36. The molecule has 0 aliphatic rings. The third-order valence-electron chi connectivity index (χ3n) is 2.92. The Morgan fingerprint density at radius 1 is 1.33 bits per heavy atom. The van der Waals surface area contributed by atoms with Crippen LogP contribution in [0.1, 0.15) is 51.7 Å². The van der Waals surface area contributed by atoms with Crippen LogP contribution >= 0.6 is 0 Å². The van der Waals surface area contributed by atoms with Gasteiger partial charge in [0, 0.05) is 24.1 Å². The van der Waals surface area contributed by atoms with Gasteiger partial charge in [0.05, 0.1) is 6.61 Å². The van der Waals surface area contributed by atoms with Crippen LogP contribution in [0, 0.1) is 17.3 Å². The zero-order valence-electron chi connectivity index (χ0n) is 13.4. The van der Waals surface area contributed by atoms with Crippen molar-refractivity contribution in [1.82, 2.24) is 0 Å². The molecule has 114 valence electrons. The summed E-state index contributed by atoms with van der Waals surface area (Å²) >= 11 is 0. The first-order valence-electron chi connectivity index (χ1n) is 7.38. The second kappa shape index (κ2) is 7.85. The highest BCUT2D eigenvalue weighted by molar-refractivity contribution is 5.92. The molecule has 0 bridgehead atoms. The van der Waals surface area contributed by atoms with E-state index in [2.05, 4.69) is 24.1 Å². The van der Waals surface area contributed by atoms with Gasteiger partial charge in [0.1, 0.15) is 0 Å². The van der Waals surface area contributed by atoms with Crippen molar-refractivity contribution in [3.05, 3.63) is 29.3 Å². The van der Waals surface area contributed by atoms with E-state index >= 15 is 0 Å². The fraction of sp³-hybridized carbons (Fsp3) is 0.500. The van der Waals surface area contributed by atoms with Crippen LogP contribution < -0.4 is 5.32 Å². The first-order valence-corrected chi connectivity index (χ1v) is 7.38. The highest BCUT2D eigenvalue weighted by atomic mass is 16.2. The standard InChI is InChI=1S/C18H25NO2/c1-5-15-12-14(8-6-7-11-20)9-10-16(15)19-17(21)13-18(2,3)4/h9-10,12,20H,5,7,11,13H2,1-4H3,(H,19,21). The number of carbonyl (C=O) groups excluding carboxylic acids is 1. The molecule has 0 aliphatic carbocycles. The van der Waals surface area contributed by atoms with Gasteiger partial charge in [-0.05, 0) is 35.6 Å². The second-order valence-corrected chi connectivity index (χ2v) is 6.29. The molecule has 1 aromatic carbocycles. The third kappa shape index (κ3) is 6.46. The van der Waals surface area contributed by atoms with Crippen molar-refractivity contribution in [2.75, 3.05) is 11.9 Å². The highest BCUT2D eigenvalue weighted by Crippen LogP contribution is 2.22. The van der Waals surface area contributed by atoms with Crippen LogP contribution in [0.15, 0.2) is 18.2 Å². The van der Waals surface area contributed by atoms with E-state index in [0.717, 1.165) is 23.2 Å². The molecule has 0 unspecified atom stereocenters. The SMILES string of the molecule is CCc1cc(C#CCCO)ccc1NC(=O)CC(C)(C)C. The van der Waals surface area contributed by atoms with Crippen LogP contribution in [0.3, 0.4) is 0 Å². The zero-order valence-corrected chi connectivity index (χ0v) is 13.4. The van der Waals surface area contributed by atoms with Gasteiger partial charge in [-0.3, -0.25) is 4.79 Å². The van der Waals surface area contributed by atoms with E-state index in [-0.39, 0.29) is 17.9 Å². The maximum Gasteiger partial charge on any atom is 0.224 e. The smallest absolute Gasteiger partial charge is 0.224 e. The Kier molecular flexibility index (Phi) is 6.45. The number of amides is 1. The van der Waals surface area contributed by atoms with Gasteiger partial charge in [-0.25, -0.2) is 0 Å². The molecule has 0 saturated carbocycles. The number of hydrogen-bond acceptors (Lipinski definition) is 2. The van der Waals surface area contributed by atoms with Crippen molar-refractivity contribution in [2.45, 2.75) is 47.0 Å². The van der Waals surface area contributed by atoms with Gasteiger partial charge in [-0.2, -0.15) is 0 Å². The fourth-order valence-electron chi connectivity index (χ4n) is 1.98. The molecule has 2 N–H and O–H groups in total. The minimum Gasteiger partial charge on any atom is -0.395 e. The Morgan fingerprint density at radius 2 is 2.05 bits per heavy atom. The molecule has 0 fully saturated rings. The molecule has 3 nitrogen and oxygen atoms in total. The molecule has 0 spiro atoms. The molecule has 3 heteroatoms. The monoisotopic (exact) mass is 287 g/mol. The predicted molar refractivity (Wildman–Crippen MR) is 87.1 cm³/mol. The van der Waals surface area contributed by atoms with Crippen molar-refractivity contribution in [1.29, 1.82) is 0 Å². The fourth-order valence-corrected chi connectivity index (χ4v) is 1.98. The summed E-state index contributed by atoms with van der Waals surface area (Å²) in [6, 6.07) is 5.80. The van der Waals surface area contributed by atoms with E-state index in [1.54, 1.807) is 0 Å². The topological polar surface area (TPSA) is 49.3 Å². The lowest BCUT2D eigenvalue weighted by molar-refractivity contribution is -0.117. The second-order valence-electron chi connectivity index (χ2n) is 6.29. The van der Waals surface area contributed by atoms with Gasteiger partial charge in [0.2, 0.25) is 5.91 Å². The van der Waals surface area contributed by atoms with Crippen LogP contribution in [-0.2, 0) is 11.2 Å². The maximum atomic E-state index is 12.0. The van der Waals surface area contributed by atoms with Crippen LogP contribution in [0.4, 0.5) is 5.69 Å². The Balaban J connectivity index is 2.85. The number of nitrogens with one attached hydrogen (secondary N) is 1. The quantitative estimate of drug-likeness (QED) is 0.834. The summed E-state index contributed by atoms with van der Waals surface area (Å²) in [4.78, 5) is 12.0. The third-order valence-corrected chi connectivity index (χ3v) is 2.92. The van der Waals surface area contributed by atoms with E-state index in [1.807, 2.05) is 39.0 Å². The lowest BCUT2D eigenvalue weighted by Crippen LogP contribution is -2.20. The number of hydrogen-bond donors (Lipinski definition) is 2. The number of aryl methyl sites for hydroxylation is 1. The Morgan fingerprint density at radius 3 is 2.62 bits per heavy atom. The van der Waals surface area contributed by atoms with E-state index in [9.17, 15) is 4.79 Å². The number of aliphatic hydroxyl groups is 1. The van der Waals surface area contributed by atoms with Gasteiger partial charge in [0.25, 0.3) is 0 Å². The van der Waals surface area contributed by atoms with E-state index in [4.69, 9.17) is 5.11 Å². The zero-order chi connectivity index (χ0) is 15.9. The van der Waals surface area contributed by atoms with Crippen LogP contribution in [-0.4, -0.2) is 17.6 Å². The van der Waals surface area contributed by atoms with Crippen LogP contribution in [0.2, 0.25) is 0 Å². The molecule has 21 heavy (non-hydrogen) atoms. The van der Waals surface area contributed by atoms with Crippen molar-refractivity contribution in [3.63, 3.8) is 0 Å². The van der Waals surface area contributed by atoms with E-state index in [0.29, 0.717) is 12.8 Å². The molecular weight excluding hydrogens is 262 g/mol. The Hall–Kier alpha value is -1.79. The average Bonchev–Trinajstić information content (AvgIpc) is 2.38. The summed E-state index contributed by atoms with van der Waals surface area (Å²) in [5, 5.41) is 11.7. The van der Waals surface area contributed by atoms with Gasteiger partial charge in [0.15, 0.2) is 0 Å². The number of carbonyl (C=O) groups is 1. The van der Waals surface area contributed by atoms with Crippen molar-refractivity contribution in [2.24, 2.45) is 5.41 Å². The molecule has 0 radical (unpaired) electrons.